The van der Waals surface area contributed by atoms with Crippen molar-refractivity contribution in [1.29, 1.82) is 0 Å². The van der Waals surface area contributed by atoms with Gasteiger partial charge in [0.2, 0.25) is 0 Å². The predicted octanol–water partition coefficient (Wildman–Crippen LogP) is 3.70. The SMILES string of the molecule is COc1ccc(COc2c(C)cc(C(N)=NO)cc2C(F)(F)F)cc1. The largest absolute Gasteiger partial charge is 0.497 e. The van der Waals surface area contributed by atoms with Crippen LogP contribution in [-0.4, -0.2) is 18.2 Å². The molecule has 5 nitrogen and oxygen atoms in total. The summed E-state index contributed by atoms with van der Waals surface area (Å²) in [4.78, 5) is 0. The van der Waals surface area contributed by atoms with E-state index in [1.165, 1.54) is 20.1 Å². The first-order valence-electron chi connectivity index (χ1n) is 7.21. The molecule has 25 heavy (non-hydrogen) atoms. The fraction of sp³-hybridized carbons (Fsp3) is 0.235. The molecule has 0 radical (unpaired) electrons. The second-order valence-electron chi connectivity index (χ2n) is 5.29. The molecule has 0 heterocycles. The Balaban J connectivity index is 2.35. The summed E-state index contributed by atoms with van der Waals surface area (Å²) in [5, 5.41) is 11.4. The first-order chi connectivity index (χ1) is 11.8. The molecule has 0 bridgehead atoms. The number of oxime groups is 1. The lowest BCUT2D eigenvalue weighted by molar-refractivity contribution is -0.139. The number of nitrogens with two attached hydrogens (primary N) is 1. The van der Waals surface area contributed by atoms with Gasteiger partial charge in [-0.2, -0.15) is 13.2 Å². The number of halogens is 3. The summed E-state index contributed by atoms with van der Waals surface area (Å²) in [6.07, 6.45) is -4.65. The average Bonchev–Trinajstić information content (AvgIpc) is 2.59. The zero-order valence-electron chi connectivity index (χ0n) is 13.6. The zero-order chi connectivity index (χ0) is 18.6. The van der Waals surface area contributed by atoms with E-state index in [-0.39, 0.29) is 23.5 Å². The van der Waals surface area contributed by atoms with E-state index in [1.54, 1.807) is 24.3 Å². The van der Waals surface area contributed by atoms with Gasteiger partial charge in [0.05, 0.1) is 12.7 Å². The van der Waals surface area contributed by atoms with Crippen molar-refractivity contribution in [1.82, 2.24) is 0 Å². The highest BCUT2D eigenvalue weighted by molar-refractivity contribution is 5.97. The van der Waals surface area contributed by atoms with E-state index in [2.05, 4.69) is 5.16 Å². The smallest absolute Gasteiger partial charge is 0.419 e. The van der Waals surface area contributed by atoms with E-state index in [0.29, 0.717) is 11.3 Å². The Morgan fingerprint density at radius 2 is 1.84 bits per heavy atom. The maximum absolute atomic E-state index is 13.4. The van der Waals surface area contributed by atoms with E-state index in [9.17, 15) is 13.2 Å². The number of ether oxygens (including phenoxy) is 2. The molecule has 0 spiro atoms. The van der Waals surface area contributed by atoms with Crippen LogP contribution in [0, 0.1) is 6.92 Å². The summed E-state index contributed by atoms with van der Waals surface area (Å²) in [5.41, 5.74) is 5.29. The molecule has 2 aromatic rings. The molecule has 0 aliphatic carbocycles. The van der Waals surface area contributed by atoms with Gasteiger partial charge in [-0.25, -0.2) is 0 Å². The molecule has 134 valence electrons. The third-order valence-corrected chi connectivity index (χ3v) is 3.53. The number of alkyl halides is 3. The fourth-order valence-electron chi connectivity index (χ4n) is 2.26. The minimum Gasteiger partial charge on any atom is -0.497 e. The Hall–Kier alpha value is -2.90. The summed E-state index contributed by atoms with van der Waals surface area (Å²) in [7, 11) is 1.52. The maximum Gasteiger partial charge on any atom is 0.419 e. The lowest BCUT2D eigenvalue weighted by atomic mass is 10.0. The van der Waals surface area contributed by atoms with Gasteiger partial charge in [-0.05, 0) is 42.3 Å². The zero-order valence-corrected chi connectivity index (χ0v) is 13.6. The lowest BCUT2D eigenvalue weighted by Crippen LogP contribution is -2.17. The molecule has 2 rings (SSSR count). The van der Waals surface area contributed by atoms with Crippen molar-refractivity contribution >= 4 is 5.84 Å². The van der Waals surface area contributed by atoms with Crippen LogP contribution in [0.1, 0.15) is 22.3 Å². The van der Waals surface area contributed by atoms with Crippen LogP contribution in [-0.2, 0) is 12.8 Å². The number of nitrogens with zero attached hydrogens (tertiary/aromatic N) is 1. The highest BCUT2D eigenvalue weighted by Crippen LogP contribution is 2.39. The van der Waals surface area contributed by atoms with Crippen LogP contribution >= 0.6 is 0 Å². The van der Waals surface area contributed by atoms with Crippen LogP contribution in [0.15, 0.2) is 41.6 Å². The summed E-state index contributed by atoms with van der Waals surface area (Å²) < 4.78 is 50.5. The molecule has 8 heteroatoms. The van der Waals surface area contributed by atoms with Gasteiger partial charge in [-0.3, -0.25) is 0 Å². The molecule has 0 saturated carbocycles. The Kier molecular flexibility index (Phi) is 5.41. The van der Waals surface area contributed by atoms with E-state index < -0.39 is 17.6 Å². The summed E-state index contributed by atoms with van der Waals surface area (Å²) in [5.74, 6) is -0.0628. The predicted molar refractivity (Wildman–Crippen MR) is 86.0 cm³/mol. The first-order valence-corrected chi connectivity index (χ1v) is 7.21. The average molecular weight is 354 g/mol. The van der Waals surface area contributed by atoms with Crippen molar-refractivity contribution in [2.75, 3.05) is 7.11 Å². The van der Waals surface area contributed by atoms with Gasteiger partial charge >= 0.3 is 6.18 Å². The van der Waals surface area contributed by atoms with Gasteiger partial charge in [0.15, 0.2) is 5.84 Å². The molecule has 0 atom stereocenters. The van der Waals surface area contributed by atoms with Crippen molar-refractivity contribution < 1.29 is 27.9 Å². The Morgan fingerprint density at radius 1 is 1.20 bits per heavy atom. The molecule has 0 saturated heterocycles. The summed E-state index contributed by atoms with van der Waals surface area (Å²) in [6.45, 7) is 1.42. The highest BCUT2D eigenvalue weighted by Gasteiger charge is 2.36. The number of amidine groups is 1. The first kappa shape index (κ1) is 18.4. The third kappa shape index (κ3) is 4.34. The molecule has 0 aliphatic rings. The van der Waals surface area contributed by atoms with Gasteiger partial charge in [-0.15, -0.1) is 0 Å². The normalized spacial score (nSPS) is 12.1. The molecule has 3 N–H and O–H groups in total. The molecule has 2 aromatic carbocycles. The van der Waals surface area contributed by atoms with Crippen molar-refractivity contribution in [3.8, 4) is 11.5 Å². The van der Waals surface area contributed by atoms with Gasteiger partial charge < -0.3 is 20.4 Å². The number of rotatable bonds is 5. The van der Waals surface area contributed by atoms with Crippen molar-refractivity contribution in [3.63, 3.8) is 0 Å². The van der Waals surface area contributed by atoms with Crippen LogP contribution in [0.3, 0.4) is 0 Å². The molecule has 0 amide bonds. The van der Waals surface area contributed by atoms with E-state index in [0.717, 1.165) is 6.07 Å². The Bertz CT molecular complexity index is 772. The van der Waals surface area contributed by atoms with Crippen LogP contribution in [0.25, 0.3) is 0 Å². The number of hydrogen-bond donors (Lipinski definition) is 2. The molecule has 0 aromatic heterocycles. The van der Waals surface area contributed by atoms with Gasteiger partial charge in [0.25, 0.3) is 0 Å². The van der Waals surface area contributed by atoms with Crippen molar-refractivity contribution in [2.24, 2.45) is 10.9 Å². The second kappa shape index (κ2) is 7.33. The maximum atomic E-state index is 13.4. The number of benzene rings is 2. The minimum atomic E-state index is -4.65. The van der Waals surface area contributed by atoms with E-state index in [4.69, 9.17) is 20.4 Å². The number of methoxy groups -OCH3 is 1. The monoisotopic (exact) mass is 354 g/mol. The van der Waals surface area contributed by atoms with Crippen LogP contribution in [0.5, 0.6) is 11.5 Å². The summed E-state index contributed by atoms with van der Waals surface area (Å²) >= 11 is 0. The highest BCUT2D eigenvalue weighted by atomic mass is 19.4. The molecule has 0 aliphatic heterocycles. The molecule has 0 fully saturated rings. The fourth-order valence-corrected chi connectivity index (χ4v) is 2.26. The van der Waals surface area contributed by atoms with E-state index >= 15 is 0 Å². The van der Waals surface area contributed by atoms with Gasteiger partial charge in [0.1, 0.15) is 18.1 Å². The standard InChI is InChI=1S/C17H17F3N2O3/c1-10-7-12(16(21)22-23)8-14(17(18,19)20)15(10)25-9-11-3-5-13(24-2)6-4-11/h3-8,23H,9H2,1-2H3,(H2,21,22). The van der Waals surface area contributed by atoms with Crippen molar-refractivity contribution in [3.05, 3.63) is 58.7 Å². The second-order valence-corrected chi connectivity index (χ2v) is 5.29. The molecular weight excluding hydrogens is 337 g/mol. The topological polar surface area (TPSA) is 77.1 Å². The van der Waals surface area contributed by atoms with Gasteiger partial charge in [0, 0.05) is 5.56 Å². The van der Waals surface area contributed by atoms with E-state index in [1.807, 2.05) is 0 Å². The minimum absolute atomic E-state index is 0.0378. The third-order valence-electron chi connectivity index (χ3n) is 3.53. The van der Waals surface area contributed by atoms with Crippen molar-refractivity contribution in [2.45, 2.75) is 19.7 Å². The quantitative estimate of drug-likeness (QED) is 0.372. The van der Waals surface area contributed by atoms with Crippen LogP contribution < -0.4 is 15.2 Å². The van der Waals surface area contributed by atoms with Gasteiger partial charge in [-0.1, -0.05) is 17.3 Å². The number of aryl methyl sites for hydroxylation is 1. The lowest BCUT2D eigenvalue weighted by Gasteiger charge is -2.18. The Labute approximate surface area is 142 Å². The van der Waals surface area contributed by atoms with Crippen LogP contribution in [0.4, 0.5) is 13.2 Å². The summed E-state index contributed by atoms with van der Waals surface area (Å²) in [6, 6.07) is 8.95. The molecular formula is C17H17F3N2O3. The number of hydrogen-bond acceptors (Lipinski definition) is 4. The van der Waals surface area contributed by atoms with Crippen LogP contribution in [0.2, 0.25) is 0 Å². The Morgan fingerprint density at radius 3 is 2.36 bits per heavy atom. The molecule has 0 unspecified atom stereocenters.